The lowest BCUT2D eigenvalue weighted by atomic mass is 9.72. The number of rotatable bonds is 4. The molecule has 1 heterocycles. The van der Waals surface area contributed by atoms with E-state index in [4.69, 9.17) is 0 Å². The van der Waals surface area contributed by atoms with Crippen molar-refractivity contribution < 1.29 is 0 Å². The molecule has 0 saturated carbocycles. The third-order valence-corrected chi connectivity index (χ3v) is 5.73. The Hall–Kier alpha value is -2.02. The minimum atomic E-state index is 0.364. The summed E-state index contributed by atoms with van der Waals surface area (Å²) in [6, 6.07) is 2.40. The predicted octanol–water partition coefficient (Wildman–Crippen LogP) is 6.59. The Labute approximate surface area is 153 Å². The monoisotopic (exact) mass is 333 g/mol. The minimum Gasteiger partial charge on any atom is -0.317 e. The van der Waals surface area contributed by atoms with Crippen LogP contribution in [0.1, 0.15) is 57.5 Å². The van der Waals surface area contributed by atoms with E-state index in [0.29, 0.717) is 5.41 Å². The molecule has 0 amide bonds. The molecule has 1 aromatic heterocycles. The van der Waals surface area contributed by atoms with Crippen LogP contribution in [-0.2, 0) is 12.8 Å². The fourth-order valence-corrected chi connectivity index (χ4v) is 4.19. The normalized spacial score (nSPS) is 20.8. The van der Waals surface area contributed by atoms with Gasteiger partial charge in [-0.05, 0) is 60.8 Å². The van der Waals surface area contributed by atoms with Crippen LogP contribution >= 0.6 is 0 Å². The molecule has 1 atom stereocenters. The summed E-state index contributed by atoms with van der Waals surface area (Å²) >= 11 is 0. The highest BCUT2D eigenvalue weighted by Crippen LogP contribution is 2.41. The quantitative estimate of drug-likeness (QED) is 0.548. The highest BCUT2D eigenvalue weighted by molar-refractivity contribution is 5.77. The first kappa shape index (κ1) is 17.8. The number of allylic oxidation sites excluding steroid dienone is 8. The molecule has 0 spiro atoms. The van der Waals surface area contributed by atoms with Crippen molar-refractivity contribution in [1.29, 1.82) is 0 Å². The average Bonchev–Trinajstić information content (AvgIpc) is 3.14. The largest absolute Gasteiger partial charge is 0.317 e. The molecular weight excluding hydrogens is 302 g/mol. The molecule has 0 bridgehead atoms. The zero-order valence-corrected chi connectivity index (χ0v) is 16.2. The number of aromatic nitrogens is 1. The maximum absolute atomic E-state index is 4.04. The van der Waals surface area contributed by atoms with Crippen molar-refractivity contribution in [3.05, 3.63) is 72.1 Å². The molecule has 3 rings (SSSR count). The molecule has 2 aliphatic carbocycles. The molecule has 0 aliphatic heterocycles. The van der Waals surface area contributed by atoms with E-state index in [1.807, 2.05) is 12.2 Å². The smallest absolute Gasteiger partial charge is 0.0530 e. The molecule has 1 unspecified atom stereocenters. The van der Waals surface area contributed by atoms with E-state index in [0.717, 1.165) is 24.3 Å². The second-order valence-electron chi connectivity index (χ2n) is 8.55. The van der Waals surface area contributed by atoms with Crippen molar-refractivity contribution in [3.8, 4) is 0 Å². The SMILES string of the molecule is C=C/C=C(\C=C)c1cc2c(n1C1=CC=C(C)C1)CCC(C(C)(C)C)C2. The fourth-order valence-electron chi connectivity index (χ4n) is 4.19. The van der Waals surface area contributed by atoms with Crippen LogP contribution in [0.5, 0.6) is 0 Å². The van der Waals surface area contributed by atoms with Crippen LogP contribution < -0.4 is 0 Å². The van der Waals surface area contributed by atoms with Gasteiger partial charge in [0.2, 0.25) is 0 Å². The van der Waals surface area contributed by atoms with E-state index in [2.05, 4.69) is 69.7 Å². The van der Waals surface area contributed by atoms with Crippen LogP contribution in [0.2, 0.25) is 0 Å². The second kappa shape index (κ2) is 6.71. The van der Waals surface area contributed by atoms with Crippen molar-refractivity contribution in [2.24, 2.45) is 11.3 Å². The zero-order chi connectivity index (χ0) is 18.2. The Kier molecular flexibility index (Phi) is 4.77. The number of nitrogens with zero attached hydrogens (tertiary/aromatic N) is 1. The fraction of sp³-hybridized carbons (Fsp3) is 0.417. The summed E-state index contributed by atoms with van der Waals surface area (Å²) in [5.74, 6) is 0.747. The topological polar surface area (TPSA) is 4.93 Å². The molecule has 0 radical (unpaired) electrons. The van der Waals surface area contributed by atoms with Crippen LogP contribution in [0.4, 0.5) is 0 Å². The third kappa shape index (κ3) is 3.38. The third-order valence-electron chi connectivity index (χ3n) is 5.73. The van der Waals surface area contributed by atoms with Gasteiger partial charge < -0.3 is 4.57 Å². The molecule has 1 nitrogen and oxygen atoms in total. The van der Waals surface area contributed by atoms with Gasteiger partial charge in [-0.3, -0.25) is 0 Å². The first-order chi connectivity index (χ1) is 11.8. The molecule has 132 valence electrons. The van der Waals surface area contributed by atoms with Crippen molar-refractivity contribution in [3.63, 3.8) is 0 Å². The van der Waals surface area contributed by atoms with E-state index in [1.54, 1.807) is 0 Å². The van der Waals surface area contributed by atoms with E-state index in [1.165, 1.54) is 41.1 Å². The van der Waals surface area contributed by atoms with Gasteiger partial charge in [-0.15, -0.1) is 0 Å². The van der Waals surface area contributed by atoms with Gasteiger partial charge >= 0.3 is 0 Å². The van der Waals surface area contributed by atoms with Gasteiger partial charge in [0.25, 0.3) is 0 Å². The van der Waals surface area contributed by atoms with Gasteiger partial charge in [0.15, 0.2) is 0 Å². The summed E-state index contributed by atoms with van der Waals surface area (Å²) in [6.45, 7) is 17.3. The van der Waals surface area contributed by atoms with Crippen LogP contribution in [-0.4, -0.2) is 4.57 Å². The predicted molar refractivity (Wildman–Crippen MR) is 110 cm³/mol. The van der Waals surface area contributed by atoms with Gasteiger partial charge in [-0.1, -0.05) is 63.8 Å². The van der Waals surface area contributed by atoms with Gasteiger partial charge in [-0.25, -0.2) is 0 Å². The van der Waals surface area contributed by atoms with Gasteiger partial charge in [0.05, 0.1) is 5.69 Å². The highest BCUT2D eigenvalue weighted by Gasteiger charge is 2.32. The number of hydrogen-bond donors (Lipinski definition) is 0. The molecule has 2 aliphatic rings. The Morgan fingerprint density at radius 2 is 2.00 bits per heavy atom. The van der Waals surface area contributed by atoms with E-state index in [-0.39, 0.29) is 0 Å². The lowest BCUT2D eigenvalue weighted by molar-refractivity contribution is 0.215. The molecule has 0 aromatic carbocycles. The summed E-state index contributed by atoms with van der Waals surface area (Å²) in [7, 11) is 0. The van der Waals surface area contributed by atoms with Crippen molar-refractivity contribution in [1.82, 2.24) is 4.57 Å². The summed E-state index contributed by atoms with van der Waals surface area (Å²) in [5, 5.41) is 0. The lowest BCUT2D eigenvalue weighted by Crippen LogP contribution is -2.27. The first-order valence-corrected chi connectivity index (χ1v) is 9.41. The summed E-state index contributed by atoms with van der Waals surface area (Å²) in [5.41, 5.74) is 8.62. The van der Waals surface area contributed by atoms with Crippen LogP contribution in [0, 0.1) is 11.3 Å². The minimum absolute atomic E-state index is 0.364. The van der Waals surface area contributed by atoms with Crippen LogP contribution in [0.15, 0.2) is 55.2 Å². The van der Waals surface area contributed by atoms with Crippen molar-refractivity contribution in [2.45, 2.75) is 53.4 Å². The second-order valence-corrected chi connectivity index (χ2v) is 8.55. The Bertz CT molecular complexity index is 787. The molecular formula is C24H31N. The Balaban J connectivity index is 2.10. The van der Waals surface area contributed by atoms with E-state index in [9.17, 15) is 0 Å². The molecule has 1 aromatic rings. The van der Waals surface area contributed by atoms with Gasteiger partial charge in [0.1, 0.15) is 0 Å². The van der Waals surface area contributed by atoms with Crippen molar-refractivity contribution >= 4 is 11.3 Å². The number of fused-ring (bicyclic) bond motifs is 1. The Morgan fingerprint density at radius 1 is 1.24 bits per heavy atom. The highest BCUT2D eigenvalue weighted by atomic mass is 15.0. The molecule has 0 saturated heterocycles. The Morgan fingerprint density at radius 3 is 2.56 bits per heavy atom. The van der Waals surface area contributed by atoms with E-state index < -0.39 is 0 Å². The molecule has 0 N–H and O–H groups in total. The van der Waals surface area contributed by atoms with E-state index >= 15 is 0 Å². The lowest BCUT2D eigenvalue weighted by Gasteiger charge is -2.34. The standard InChI is InChI=1S/C24H31N/c1-7-9-18(8-2)23-16-19-15-20(24(4,5)6)11-13-22(19)25(23)21-12-10-17(3)14-21/h7-10,12,16,20H,1-2,11,13-15H2,3-6H3/b18-9+. The summed E-state index contributed by atoms with van der Waals surface area (Å²) in [4.78, 5) is 0. The summed E-state index contributed by atoms with van der Waals surface area (Å²) in [6.07, 6.45) is 15.1. The molecule has 0 fully saturated rings. The van der Waals surface area contributed by atoms with Crippen LogP contribution in [0.25, 0.3) is 11.3 Å². The first-order valence-electron chi connectivity index (χ1n) is 9.41. The maximum Gasteiger partial charge on any atom is 0.0530 e. The number of hydrogen-bond acceptors (Lipinski definition) is 0. The van der Waals surface area contributed by atoms with Crippen LogP contribution in [0.3, 0.4) is 0 Å². The molecule has 1 heteroatoms. The zero-order valence-electron chi connectivity index (χ0n) is 16.2. The maximum atomic E-state index is 4.04. The van der Waals surface area contributed by atoms with Crippen molar-refractivity contribution in [2.75, 3.05) is 0 Å². The average molecular weight is 334 g/mol. The summed E-state index contributed by atoms with van der Waals surface area (Å²) < 4.78 is 2.50. The van der Waals surface area contributed by atoms with Gasteiger partial charge in [0, 0.05) is 17.8 Å². The molecule has 25 heavy (non-hydrogen) atoms. The van der Waals surface area contributed by atoms with Gasteiger partial charge in [-0.2, -0.15) is 0 Å².